The Morgan fingerprint density at radius 1 is 0.707 bits per heavy atom. The average Bonchev–Trinajstić information content (AvgIpc) is 3.06. The Labute approximate surface area is 339 Å². The molecule has 322 valence electrons. The third kappa shape index (κ3) is 14.1. The number of ether oxygens (including phenoxy) is 4. The zero-order valence-electron chi connectivity index (χ0n) is 34.9. The van der Waals surface area contributed by atoms with Crippen molar-refractivity contribution in [1.82, 2.24) is 30.6 Å². The summed E-state index contributed by atoms with van der Waals surface area (Å²) in [6.45, 7) is 16.9. The molecule has 4 fully saturated rings. The van der Waals surface area contributed by atoms with Crippen molar-refractivity contribution in [3.05, 3.63) is 22.5 Å². The molecule has 20 heteroatoms. The molecule has 2 aromatic heterocycles. The number of carbonyl (C=O) groups is 2. The summed E-state index contributed by atoms with van der Waals surface area (Å²) >= 11 is 0. The van der Waals surface area contributed by atoms with Crippen LogP contribution in [0.1, 0.15) is 107 Å². The lowest BCUT2D eigenvalue weighted by atomic mass is 9.89. The Morgan fingerprint density at radius 2 is 1.14 bits per heavy atom. The van der Waals surface area contributed by atoms with Gasteiger partial charge in [0.1, 0.15) is 18.4 Å². The van der Waals surface area contributed by atoms with Gasteiger partial charge in [0.2, 0.25) is 17.7 Å². The minimum atomic E-state index is -0.508. The number of nitrogens with one attached hydrogen (secondary N) is 6. The molecule has 2 saturated heterocycles. The number of anilines is 5. The lowest BCUT2D eigenvalue weighted by molar-refractivity contribution is -0.384. The zero-order chi connectivity index (χ0) is 42.2. The van der Waals surface area contributed by atoms with Crippen LogP contribution in [0.3, 0.4) is 0 Å². The van der Waals surface area contributed by atoms with Crippen molar-refractivity contribution >= 4 is 47.1 Å². The second-order valence-electron chi connectivity index (χ2n) is 17.7. The number of nitrogen functional groups attached to an aromatic ring is 1. The molecule has 8 N–H and O–H groups in total. The van der Waals surface area contributed by atoms with Crippen LogP contribution in [0.5, 0.6) is 0 Å². The molecule has 4 atom stereocenters. The van der Waals surface area contributed by atoms with E-state index in [1.54, 1.807) is 6.20 Å². The molecule has 4 unspecified atom stereocenters. The number of aromatic nitrogens is 4. The van der Waals surface area contributed by atoms with Crippen molar-refractivity contribution in [1.29, 1.82) is 0 Å². The SMILES string of the molecule is CC1CC(Nc2ncc(N)c(NC3CC(OC(=O)NC(C)(C)C)C3)n2)CCO1.CC1CC(Nc2ncc([N+](=O)[O-])c(NC3CC(OC(=O)NC(C)(C)C)C3)n2)CCO1. The summed E-state index contributed by atoms with van der Waals surface area (Å²) in [5, 5.41) is 30.0. The summed E-state index contributed by atoms with van der Waals surface area (Å²) < 4.78 is 21.9. The molecule has 2 aliphatic heterocycles. The lowest BCUT2D eigenvalue weighted by Crippen LogP contribution is -2.47. The van der Waals surface area contributed by atoms with Crippen molar-refractivity contribution in [3.8, 4) is 0 Å². The number of carbonyl (C=O) groups excluding carboxylic acids is 2. The first-order valence-electron chi connectivity index (χ1n) is 20.2. The van der Waals surface area contributed by atoms with Gasteiger partial charge in [0.15, 0.2) is 5.82 Å². The highest BCUT2D eigenvalue weighted by atomic mass is 16.6. The second kappa shape index (κ2) is 19.2. The van der Waals surface area contributed by atoms with Crippen LogP contribution in [0.15, 0.2) is 12.4 Å². The molecule has 0 spiro atoms. The molecule has 58 heavy (non-hydrogen) atoms. The van der Waals surface area contributed by atoms with Gasteiger partial charge in [0.25, 0.3) is 0 Å². The van der Waals surface area contributed by atoms with Crippen LogP contribution < -0.4 is 37.6 Å². The largest absolute Gasteiger partial charge is 0.446 e. The van der Waals surface area contributed by atoms with E-state index in [0.717, 1.165) is 45.1 Å². The van der Waals surface area contributed by atoms with Crippen LogP contribution in [-0.2, 0) is 18.9 Å². The van der Waals surface area contributed by atoms with Crippen molar-refractivity contribution < 1.29 is 33.5 Å². The minimum Gasteiger partial charge on any atom is -0.446 e. The summed E-state index contributed by atoms with van der Waals surface area (Å²) in [6, 6.07) is 0.552. The average molecular weight is 815 g/mol. The third-order valence-electron chi connectivity index (χ3n) is 9.79. The van der Waals surface area contributed by atoms with E-state index in [0.29, 0.717) is 48.9 Å². The van der Waals surface area contributed by atoms with Crippen LogP contribution in [-0.4, -0.2) is 110 Å². The second-order valence-corrected chi connectivity index (χ2v) is 17.7. The van der Waals surface area contributed by atoms with E-state index in [9.17, 15) is 19.7 Å². The number of rotatable bonds is 11. The number of nitrogens with zero attached hydrogens (tertiary/aromatic N) is 5. The number of amides is 2. The molecule has 4 heterocycles. The van der Waals surface area contributed by atoms with E-state index in [2.05, 4.69) is 58.8 Å². The summed E-state index contributed by atoms with van der Waals surface area (Å²) in [7, 11) is 0. The molecule has 2 aliphatic carbocycles. The Hall–Kier alpha value is -4.98. The Bertz CT molecular complexity index is 1710. The number of hydrogen-bond acceptors (Lipinski definition) is 17. The lowest BCUT2D eigenvalue weighted by Gasteiger charge is -2.36. The molecular formula is C38H62N12O8. The quantitative estimate of drug-likeness (QED) is 0.112. The topological polar surface area (TPSA) is 264 Å². The molecular weight excluding hydrogens is 752 g/mol. The summed E-state index contributed by atoms with van der Waals surface area (Å²) in [4.78, 5) is 51.8. The molecule has 2 aromatic rings. The number of nitrogens with two attached hydrogens (primary N) is 1. The molecule has 0 aromatic carbocycles. The molecule has 2 amide bonds. The number of hydrogen-bond donors (Lipinski definition) is 7. The standard InChI is InChI=1S/C19H30N6O5.C19H32N6O3/c1-11-7-12(5-6-29-11)22-17-20-10-15(25(27)28)16(23-17)21-13-8-14(9-13)30-18(26)24-19(2,3)4;1-11-7-12(5-6-27-11)23-17-21-10-15(20)16(24-17)22-13-8-14(9-13)28-18(26)25-19(2,3)4/h10-14H,5-9H2,1-4H3,(H,24,26)(H2,20,21,22,23);10-14H,5-9,20H2,1-4H3,(H,25,26)(H2,21,22,23,24). The van der Waals surface area contributed by atoms with Gasteiger partial charge < -0.3 is 56.6 Å². The zero-order valence-corrected chi connectivity index (χ0v) is 34.9. The fraction of sp³-hybridized carbons (Fsp3) is 0.737. The maximum absolute atomic E-state index is 11.8. The van der Waals surface area contributed by atoms with Crippen molar-refractivity contribution in [3.63, 3.8) is 0 Å². The fourth-order valence-corrected chi connectivity index (χ4v) is 6.80. The van der Waals surface area contributed by atoms with Gasteiger partial charge in [-0.25, -0.2) is 19.6 Å². The van der Waals surface area contributed by atoms with Crippen LogP contribution in [0, 0.1) is 10.1 Å². The highest BCUT2D eigenvalue weighted by Gasteiger charge is 2.36. The first-order valence-corrected chi connectivity index (χ1v) is 20.2. The van der Waals surface area contributed by atoms with E-state index in [-0.39, 0.29) is 71.2 Å². The van der Waals surface area contributed by atoms with Gasteiger partial charge in [0, 0.05) is 74.1 Å². The number of alkyl carbamates (subject to hydrolysis) is 2. The summed E-state index contributed by atoms with van der Waals surface area (Å²) in [5.41, 5.74) is 5.67. The van der Waals surface area contributed by atoms with Crippen molar-refractivity contribution in [2.75, 3.05) is 40.2 Å². The van der Waals surface area contributed by atoms with Crippen LogP contribution in [0.4, 0.5) is 44.5 Å². The van der Waals surface area contributed by atoms with Crippen LogP contribution in [0.2, 0.25) is 0 Å². The monoisotopic (exact) mass is 814 g/mol. The Balaban J connectivity index is 0.000000221. The minimum absolute atomic E-state index is 0.0676. The first kappa shape index (κ1) is 44.1. The smallest absolute Gasteiger partial charge is 0.407 e. The molecule has 20 nitrogen and oxygen atoms in total. The number of nitro groups is 1. The highest BCUT2D eigenvalue weighted by Crippen LogP contribution is 2.32. The van der Waals surface area contributed by atoms with Gasteiger partial charge in [0.05, 0.1) is 29.0 Å². The molecule has 6 rings (SSSR count). The predicted molar refractivity (Wildman–Crippen MR) is 219 cm³/mol. The maximum atomic E-state index is 11.8. The highest BCUT2D eigenvalue weighted by molar-refractivity contribution is 5.69. The fourth-order valence-electron chi connectivity index (χ4n) is 6.80. The van der Waals surface area contributed by atoms with E-state index >= 15 is 0 Å². The van der Waals surface area contributed by atoms with E-state index in [1.165, 1.54) is 6.20 Å². The van der Waals surface area contributed by atoms with Gasteiger partial charge in [-0.2, -0.15) is 9.97 Å². The van der Waals surface area contributed by atoms with E-state index < -0.39 is 11.0 Å². The van der Waals surface area contributed by atoms with Gasteiger partial charge >= 0.3 is 17.9 Å². The third-order valence-corrected chi connectivity index (χ3v) is 9.79. The van der Waals surface area contributed by atoms with Gasteiger partial charge in [-0.15, -0.1) is 0 Å². The predicted octanol–water partition coefficient (Wildman–Crippen LogP) is 5.34. The Morgan fingerprint density at radius 3 is 1.57 bits per heavy atom. The van der Waals surface area contributed by atoms with E-state index in [1.807, 2.05) is 48.5 Å². The molecule has 4 aliphatic rings. The molecule has 0 radical (unpaired) electrons. The van der Waals surface area contributed by atoms with Gasteiger partial charge in [-0.3, -0.25) is 10.1 Å². The molecule has 0 bridgehead atoms. The Kier molecular flexibility index (Phi) is 14.6. The van der Waals surface area contributed by atoms with Gasteiger partial charge in [-0.05, 0) is 81.1 Å². The molecule has 2 saturated carbocycles. The van der Waals surface area contributed by atoms with Gasteiger partial charge in [-0.1, -0.05) is 0 Å². The van der Waals surface area contributed by atoms with Crippen molar-refractivity contribution in [2.24, 2.45) is 0 Å². The van der Waals surface area contributed by atoms with Crippen molar-refractivity contribution in [2.45, 2.75) is 166 Å². The summed E-state index contributed by atoms with van der Waals surface area (Å²) in [5.74, 6) is 1.69. The maximum Gasteiger partial charge on any atom is 0.407 e. The van der Waals surface area contributed by atoms with Crippen LogP contribution in [0.25, 0.3) is 0 Å². The first-order chi connectivity index (χ1) is 27.3. The van der Waals surface area contributed by atoms with E-state index in [4.69, 9.17) is 24.7 Å². The van der Waals surface area contributed by atoms with Crippen LogP contribution >= 0.6 is 0 Å². The normalized spacial score (nSPS) is 26.8. The summed E-state index contributed by atoms with van der Waals surface area (Å²) in [6.07, 6.45) is 8.10.